The summed E-state index contributed by atoms with van der Waals surface area (Å²) in [6.07, 6.45) is 20.5. The summed E-state index contributed by atoms with van der Waals surface area (Å²) in [4.78, 5) is 8.65. The number of hydrogen-bond donors (Lipinski definition) is 0. The lowest BCUT2D eigenvalue weighted by atomic mass is 10.2. The Labute approximate surface area is 132 Å². The van der Waals surface area contributed by atoms with E-state index in [0.29, 0.717) is 51.4 Å². The smallest absolute Gasteiger partial charge is 0.0701 e. The van der Waals surface area contributed by atoms with Gasteiger partial charge in [-0.3, -0.25) is 9.98 Å². The van der Waals surface area contributed by atoms with Gasteiger partial charge in [-0.15, -0.1) is 0 Å². The molecule has 4 heteroatoms. The van der Waals surface area contributed by atoms with Gasteiger partial charge < -0.3 is 9.47 Å². The Hall–Kier alpha value is -1.78. The fourth-order valence-electron chi connectivity index (χ4n) is 2.05. The van der Waals surface area contributed by atoms with Gasteiger partial charge in [-0.2, -0.15) is 0 Å². The molecule has 0 unspecified atom stereocenters. The van der Waals surface area contributed by atoms with Crippen LogP contribution in [-0.4, -0.2) is 51.9 Å². The van der Waals surface area contributed by atoms with E-state index in [0.717, 1.165) is 0 Å². The van der Waals surface area contributed by atoms with Gasteiger partial charge in [0.05, 0.1) is 39.5 Å². The quantitative estimate of drug-likeness (QED) is 0.435. The van der Waals surface area contributed by atoms with Gasteiger partial charge in [-0.25, -0.2) is 0 Å². The lowest BCUT2D eigenvalue weighted by Gasteiger charge is -2.03. The molecule has 0 aromatic rings. The molecule has 0 spiro atoms. The van der Waals surface area contributed by atoms with E-state index in [9.17, 15) is 0 Å². The van der Waals surface area contributed by atoms with Gasteiger partial charge in [0.1, 0.15) is 0 Å². The maximum Gasteiger partial charge on any atom is 0.0701 e. The van der Waals surface area contributed by atoms with Gasteiger partial charge in [0.25, 0.3) is 0 Å². The monoisotopic (exact) mass is 300 g/mol. The third-order valence-electron chi connectivity index (χ3n) is 3.21. The summed E-state index contributed by atoms with van der Waals surface area (Å²) in [5.74, 6) is 0.721. The second-order valence-electron chi connectivity index (χ2n) is 5.03. The number of ether oxygens (including phenoxy) is 2. The van der Waals surface area contributed by atoms with Crippen LogP contribution in [0.3, 0.4) is 0 Å². The molecular weight excluding hydrogens is 276 g/mol. The zero-order chi connectivity index (χ0) is 15.3. The van der Waals surface area contributed by atoms with Gasteiger partial charge >= 0.3 is 0 Å². The minimum Gasteiger partial charge on any atom is -0.377 e. The third kappa shape index (κ3) is 7.29. The van der Waals surface area contributed by atoms with Crippen molar-refractivity contribution in [2.24, 2.45) is 21.8 Å². The van der Waals surface area contributed by atoms with Crippen molar-refractivity contribution < 1.29 is 9.47 Å². The van der Waals surface area contributed by atoms with Crippen molar-refractivity contribution in [1.82, 2.24) is 0 Å². The first-order valence-corrected chi connectivity index (χ1v) is 7.80. The minimum atomic E-state index is 0.360. The van der Waals surface area contributed by atoms with Gasteiger partial charge in [-0.1, -0.05) is 48.6 Å². The summed E-state index contributed by atoms with van der Waals surface area (Å²) in [5, 5.41) is 0. The number of hydrogen-bond acceptors (Lipinski definition) is 4. The number of nitrogens with zero attached hydrogens (tertiary/aromatic N) is 2. The average Bonchev–Trinajstić information content (AvgIpc) is 3.21. The standard InChI is InChI=1S/C18H24N2O2/c1-2-6-17(5-1)15-19-9-11-21-13-14-22-12-10-20-16-18-7-3-4-8-18/h1-8,15-18H,9-14H2. The fraction of sp³-hybridized carbons (Fsp3) is 0.444. The zero-order valence-electron chi connectivity index (χ0n) is 12.9. The predicted molar refractivity (Wildman–Crippen MR) is 91.9 cm³/mol. The van der Waals surface area contributed by atoms with Crippen molar-refractivity contribution in [2.45, 2.75) is 0 Å². The van der Waals surface area contributed by atoms with Crippen LogP contribution >= 0.6 is 0 Å². The molecule has 0 aromatic heterocycles. The van der Waals surface area contributed by atoms with Crippen molar-refractivity contribution in [3.63, 3.8) is 0 Å². The van der Waals surface area contributed by atoms with Crippen LogP contribution in [0.5, 0.6) is 0 Å². The summed E-state index contributed by atoms with van der Waals surface area (Å²) in [6.45, 7) is 3.89. The highest BCUT2D eigenvalue weighted by atomic mass is 16.5. The van der Waals surface area contributed by atoms with Crippen molar-refractivity contribution in [3.8, 4) is 0 Å². The van der Waals surface area contributed by atoms with Crippen LogP contribution in [0, 0.1) is 11.8 Å². The molecule has 0 bridgehead atoms. The van der Waals surface area contributed by atoms with Crippen LogP contribution in [-0.2, 0) is 9.47 Å². The van der Waals surface area contributed by atoms with Crippen LogP contribution < -0.4 is 0 Å². The van der Waals surface area contributed by atoms with Crippen molar-refractivity contribution >= 4 is 12.4 Å². The molecule has 0 saturated heterocycles. The normalized spacial score (nSPS) is 18.0. The Morgan fingerprint density at radius 2 is 1.05 bits per heavy atom. The summed E-state index contributed by atoms with van der Waals surface area (Å²) in [6, 6.07) is 0. The molecule has 2 aliphatic carbocycles. The molecule has 118 valence electrons. The summed E-state index contributed by atoms with van der Waals surface area (Å²) < 4.78 is 10.9. The maximum absolute atomic E-state index is 5.45. The minimum absolute atomic E-state index is 0.360. The van der Waals surface area contributed by atoms with Crippen molar-refractivity contribution in [2.75, 3.05) is 39.5 Å². The summed E-state index contributed by atoms with van der Waals surface area (Å²) >= 11 is 0. The highest BCUT2D eigenvalue weighted by Gasteiger charge is 1.98. The van der Waals surface area contributed by atoms with E-state index in [4.69, 9.17) is 9.47 Å². The summed E-state index contributed by atoms with van der Waals surface area (Å²) in [7, 11) is 0. The molecule has 2 rings (SSSR count). The van der Waals surface area contributed by atoms with Crippen LogP contribution in [0.15, 0.2) is 58.6 Å². The number of rotatable bonds is 11. The van der Waals surface area contributed by atoms with Crippen molar-refractivity contribution in [1.29, 1.82) is 0 Å². The second-order valence-corrected chi connectivity index (χ2v) is 5.03. The molecule has 0 amide bonds. The van der Waals surface area contributed by atoms with E-state index in [-0.39, 0.29) is 0 Å². The highest BCUT2D eigenvalue weighted by Crippen LogP contribution is 2.05. The van der Waals surface area contributed by atoms with Crippen LogP contribution in [0.25, 0.3) is 0 Å². The van der Waals surface area contributed by atoms with E-state index < -0.39 is 0 Å². The Kier molecular flexibility index (Phi) is 8.20. The molecule has 0 fully saturated rings. The van der Waals surface area contributed by atoms with E-state index >= 15 is 0 Å². The molecule has 0 atom stereocenters. The lowest BCUT2D eigenvalue weighted by Crippen LogP contribution is -2.09. The predicted octanol–water partition coefficient (Wildman–Crippen LogP) is 2.65. The van der Waals surface area contributed by atoms with Crippen LogP contribution in [0.4, 0.5) is 0 Å². The third-order valence-corrected chi connectivity index (χ3v) is 3.21. The first-order chi connectivity index (χ1) is 10.9. The average molecular weight is 300 g/mol. The molecule has 0 N–H and O–H groups in total. The molecule has 0 saturated carbocycles. The molecule has 2 aliphatic rings. The Balaban J connectivity index is 1.34. The first kappa shape index (κ1) is 16.6. The van der Waals surface area contributed by atoms with E-state index in [2.05, 4.69) is 34.3 Å². The topological polar surface area (TPSA) is 43.2 Å². The Bertz CT molecular complexity index is 407. The van der Waals surface area contributed by atoms with Gasteiger partial charge in [0.15, 0.2) is 0 Å². The van der Waals surface area contributed by atoms with E-state index in [1.165, 1.54) is 0 Å². The van der Waals surface area contributed by atoms with Gasteiger partial charge in [0.2, 0.25) is 0 Å². The summed E-state index contributed by atoms with van der Waals surface area (Å²) in [5.41, 5.74) is 0. The zero-order valence-corrected chi connectivity index (χ0v) is 12.9. The number of aliphatic imine (C=N–C) groups is 2. The Morgan fingerprint density at radius 3 is 1.45 bits per heavy atom. The Morgan fingerprint density at radius 1 is 0.636 bits per heavy atom. The maximum atomic E-state index is 5.45. The van der Waals surface area contributed by atoms with Crippen LogP contribution in [0.2, 0.25) is 0 Å². The molecule has 0 heterocycles. The second kappa shape index (κ2) is 10.9. The largest absolute Gasteiger partial charge is 0.377 e. The molecule has 22 heavy (non-hydrogen) atoms. The SMILES string of the molecule is C1=CC(C=NCCOCCOCCN=CC2C=CC=C2)C=C1. The van der Waals surface area contributed by atoms with E-state index in [1.54, 1.807) is 0 Å². The molecule has 0 aromatic carbocycles. The highest BCUT2D eigenvalue weighted by molar-refractivity contribution is 5.67. The number of allylic oxidation sites excluding steroid dienone is 8. The molecular formula is C18H24N2O2. The lowest BCUT2D eigenvalue weighted by molar-refractivity contribution is 0.0541. The van der Waals surface area contributed by atoms with E-state index in [1.807, 2.05) is 36.7 Å². The first-order valence-electron chi connectivity index (χ1n) is 7.80. The molecule has 0 radical (unpaired) electrons. The molecule has 4 nitrogen and oxygen atoms in total. The van der Waals surface area contributed by atoms with Gasteiger partial charge in [0, 0.05) is 24.3 Å². The fourth-order valence-corrected chi connectivity index (χ4v) is 2.05. The van der Waals surface area contributed by atoms with Crippen LogP contribution in [0.1, 0.15) is 0 Å². The van der Waals surface area contributed by atoms with Gasteiger partial charge in [-0.05, 0) is 0 Å². The van der Waals surface area contributed by atoms with Crippen molar-refractivity contribution in [3.05, 3.63) is 48.6 Å². The molecule has 0 aliphatic heterocycles.